The molecule has 0 aliphatic heterocycles. The van der Waals surface area contributed by atoms with Crippen LogP contribution in [-0.2, 0) is 4.79 Å². The number of carbonyl (C=O) groups is 1. The summed E-state index contributed by atoms with van der Waals surface area (Å²) in [5.74, 6) is -0.542. The lowest BCUT2D eigenvalue weighted by Crippen LogP contribution is -2.18. The number of carboxylic acids is 1. The third kappa shape index (κ3) is 2.84. The van der Waals surface area contributed by atoms with Crippen LogP contribution < -0.4 is 4.74 Å². The van der Waals surface area contributed by atoms with E-state index >= 15 is 0 Å². The zero-order valence-corrected chi connectivity index (χ0v) is 11.1. The SMILES string of the molecule is O=C(O)C(Oc1ccc2cccnc2c1)c1ccccc1. The zero-order chi connectivity index (χ0) is 14.7. The predicted molar refractivity (Wildman–Crippen MR) is 79.2 cm³/mol. The van der Waals surface area contributed by atoms with Crippen LogP contribution in [0.25, 0.3) is 10.9 Å². The first-order valence-corrected chi connectivity index (χ1v) is 6.53. The summed E-state index contributed by atoms with van der Waals surface area (Å²) in [6.45, 7) is 0. The summed E-state index contributed by atoms with van der Waals surface area (Å²) >= 11 is 0. The maximum Gasteiger partial charge on any atom is 0.349 e. The molecule has 2 aromatic carbocycles. The van der Waals surface area contributed by atoms with Gasteiger partial charge in [-0.1, -0.05) is 36.4 Å². The Morgan fingerprint density at radius 2 is 1.86 bits per heavy atom. The number of carboxylic acid groups (broad SMARTS) is 1. The van der Waals surface area contributed by atoms with Crippen molar-refractivity contribution in [3.05, 3.63) is 72.4 Å². The molecule has 0 saturated heterocycles. The minimum Gasteiger partial charge on any atom is -0.478 e. The molecule has 1 aromatic heterocycles. The van der Waals surface area contributed by atoms with E-state index < -0.39 is 12.1 Å². The molecule has 1 unspecified atom stereocenters. The zero-order valence-electron chi connectivity index (χ0n) is 11.1. The minimum absolute atomic E-state index is 0.484. The number of rotatable bonds is 4. The molecule has 1 atom stereocenters. The monoisotopic (exact) mass is 279 g/mol. The highest BCUT2D eigenvalue weighted by molar-refractivity contribution is 5.80. The highest BCUT2D eigenvalue weighted by Gasteiger charge is 2.21. The molecule has 3 aromatic rings. The molecule has 104 valence electrons. The van der Waals surface area contributed by atoms with Crippen molar-refractivity contribution in [2.45, 2.75) is 6.10 Å². The highest BCUT2D eigenvalue weighted by atomic mass is 16.5. The second kappa shape index (κ2) is 5.63. The largest absolute Gasteiger partial charge is 0.478 e. The number of nitrogens with zero attached hydrogens (tertiary/aromatic N) is 1. The Balaban J connectivity index is 1.93. The van der Waals surface area contributed by atoms with E-state index in [9.17, 15) is 9.90 Å². The maximum atomic E-state index is 11.4. The van der Waals surface area contributed by atoms with Gasteiger partial charge in [0.05, 0.1) is 5.52 Å². The van der Waals surface area contributed by atoms with Crippen molar-refractivity contribution in [1.82, 2.24) is 4.98 Å². The van der Waals surface area contributed by atoms with E-state index in [-0.39, 0.29) is 0 Å². The molecular formula is C17H13NO3. The van der Waals surface area contributed by atoms with E-state index in [1.165, 1.54) is 0 Å². The Kier molecular flexibility index (Phi) is 3.51. The number of pyridine rings is 1. The Morgan fingerprint density at radius 1 is 1.05 bits per heavy atom. The van der Waals surface area contributed by atoms with E-state index in [1.54, 1.807) is 42.6 Å². The minimum atomic E-state index is -1.03. The standard InChI is InChI=1S/C17H13NO3/c19-17(20)16(13-5-2-1-3-6-13)21-14-9-8-12-7-4-10-18-15(12)11-14/h1-11,16H,(H,19,20). The molecule has 4 nitrogen and oxygen atoms in total. The van der Waals surface area contributed by atoms with E-state index in [0.29, 0.717) is 11.3 Å². The van der Waals surface area contributed by atoms with Crippen molar-refractivity contribution in [2.75, 3.05) is 0 Å². The molecule has 21 heavy (non-hydrogen) atoms. The molecule has 0 spiro atoms. The van der Waals surface area contributed by atoms with Gasteiger partial charge in [0.25, 0.3) is 0 Å². The van der Waals surface area contributed by atoms with Crippen molar-refractivity contribution < 1.29 is 14.6 Å². The van der Waals surface area contributed by atoms with E-state index in [0.717, 1.165) is 10.9 Å². The normalized spacial score (nSPS) is 12.0. The fourth-order valence-corrected chi connectivity index (χ4v) is 2.14. The average molecular weight is 279 g/mol. The Bertz CT molecular complexity index is 771. The van der Waals surface area contributed by atoms with Gasteiger partial charge in [0.1, 0.15) is 5.75 Å². The molecular weight excluding hydrogens is 266 g/mol. The van der Waals surface area contributed by atoms with Gasteiger partial charge in [0.15, 0.2) is 0 Å². The number of aromatic nitrogens is 1. The van der Waals surface area contributed by atoms with Crippen LogP contribution in [0.3, 0.4) is 0 Å². The molecule has 0 radical (unpaired) electrons. The lowest BCUT2D eigenvalue weighted by atomic mass is 10.1. The van der Waals surface area contributed by atoms with Crippen molar-refractivity contribution in [3.63, 3.8) is 0 Å². The molecule has 1 N–H and O–H groups in total. The van der Waals surface area contributed by atoms with Gasteiger partial charge in [-0.05, 0) is 18.2 Å². The topological polar surface area (TPSA) is 59.4 Å². The van der Waals surface area contributed by atoms with Crippen LogP contribution in [0.4, 0.5) is 0 Å². The van der Waals surface area contributed by atoms with Crippen LogP contribution in [0.1, 0.15) is 11.7 Å². The van der Waals surface area contributed by atoms with Gasteiger partial charge in [0.2, 0.25) is 6.10 Å². The number of fused-ring (bicyclic) bond motifs is 1. The van der Waals surface area contributed by atoms with Gasteiger partial charge in [-0.2, -0.15) is 0 Å². The first kappa shape index (κ1) is 13.1. The summed E-state index contributed by atoms with van der Waals surface area (Å²) in [5.41, 5.74) is 1.37. The van der Waals surface area contributed by atoms with Crippen molar-refractivity contribution in [2.24, 2.45) is 0 Å². The van der Waals surface area contributed by atoms with Crippen LogP contribution in [0.2, 0.25) is 0 Å². The third-order valence-electron chi connectivity index (χ3n) is 3.16. The van der Waals surface area contributed by atoms with Crippen LogP contribution in [0.15, 0.2) is 66.9 Å². The lowest BCUT2D eigenvalue weighted by Gasteiger charge is -2.15. The van der Waals surface area contributed by atoms with Gasteiger partial charge in [0, 0.05) is 23.2 Å². The number of hydrogen-bond donors (Lipinski definition) is 1. The summed E-state index contributed by atoms with van der Waals surface area (Å²) in [6.07, 6.45) is 0.658. The summed E-state index contributed by atoms with van der Waals surface area (Å²) in [6, 6.07) is 18.0. The molecule has 0 aliphatic rings. The number of aliphatic carboxylic acids is 1. The molecule has 3 rings (SSSR count). The maximum absolute atomic E-state index is 11.4. The molecule has 0 bridgehead atoms. The molecule has 0 aliphatic carbocycles. The number of benzene rings is 2. The Labute approximate surface area is 121 Å². The van der Waals surface area contributed by atoms with Crippen LogP contribution >= 0.6 is 0 Å². The number of hydrogen-bond acceptors (Lipinski definition) is 3. The first-order valence-electron chi connectivity index (χ1n) is 6.53. The van der Waals surface area contributed by atoms with Gasteiger partial charge < -0.3 is 9.84 Å². The Hall–Kier alpha value is -2.88. The lowest BCUT2D eigenvalue weighted by molar-refractivity contribution is -0.145. The third-order valence-corrected chi connectivity index (χ3v) is 3.16. The van der Waals surface area contributed by atoms with E-state index in [2.05, 4.69) is 4.98 Å². The summed E-state index contributed by atoms with van der Waals surface area (Å²) in [5, 5.41) is 10.3. The van der Waals surface area contributed by atoms with Crippen molar-refractivity contribution in [1.29, 1.82) is 0 Å². The smallest absolute Gasteiger partial charge is 0.349 e. The second-order valence-electron chi connectivity index (χ2n) is 4.60. The van der Waals surface area contributed by atoms with Crippen molar-refractivity contribution in [3.8, 4) is 5.75 Å². The molecule has 4 heteroatoms. The summed E-state index contributed by atoms with van der Waals surface area (Å²) < 4.78 is 5.63. The molecule has 1 heterocycles. The first-order chi connectivity index (χ1) is 10.2. The second-order valence-corrected chi connectivity index (χ2v) is 4.60. The Morgan fingerprint density at radius 3 is 2.62 bits per heavy atom. The van der Waals surface area contributed by atoms with E-state index in [1.807, 2.05) is 24.3 Å². The molecule has 0 saturated carbocycles. The van der Waals surface area contributed by atoms with Gasteiger partial charge in [-0.25, -0.2) is 4.79 Å². The summed E-state index contributed by atoms with van der Waals surface area (Å²) in [7, 11) is 0. The fraction of sp³-hybridized carbons (Fsp3) is 0.0588. The summed E-state index contributed by atoms with van der Waals surface area (Å²) in [4.78, 5) is 15.7. The molecule has 0 amide bonds. The highest BCUT2D eigenvalue weighted by Crippen LogP contribution is 2.25. The van der Waals surface area contributed by atoms with Crippen LogP contribution in [0, 0.1) is 0 Å². The van der Waals surface area contributed by atoms with Crippen LogP contribution in [-0.4, -0.2) is 16.1 Å². The average Bonchev–Trinajstić information content (AvgIpc) is 2.53. The van der Waals surface area contributed by atoms with Crippen molar-refractivity contribution >= 4 is 16.9 Å². The van der Waals surface area contributed by atoms with E-state index in [4.69, 9.17) is 4.74 Å². The van der Waals surface area contributed by atoms with Gasteiger partial charge in [-0.15, -0.1) is 0 Å². The van der Waals surface area contributed by atoms with Gasteiger partial charge >= 0.3 is 5.97 Å². The van der Waals surface area contributed by atoms with Crippen LogP contribution in [0.5, 0.6) is 5.75 Å². The fourth-order valence-electron chi connectivity index (χ4n) is 2.14. The predicted octanol–water partition coefficient (Wildman–Crippen LogP) is 3.44. The number of ether oxygens (including phenoxy) is 1. The molecule has 0 fully saturated rings. The van der Waals surface area contributed by atoms with Gasteiger partial charge in [-0.3, -0.25) is 4.98 Å². The quantitative estimate of drug-likeness (QED) is 0.794.